The molecule has 2 atom stereocenters. The van der Waals surface area contributed by atoms with Crippen molar-refractivity contribution in [3.05, 3.63) is 24.3 Å². The number of carbonyl (C=O) groups is 1. The van der Waals surface area contributed by atoms with Crippen molar-refractivity contribution in [1.29, 1.82) is 0 Å². The molecule has 1 aliphatic carbocycles. The molecule has 0 aliphatic heterocycles. The van der Waals surface area contributed by atoms with Gasteiger partial charge in [0.2, 0.25) is 5.91 Å². The molecule has 1 N–H and O–H groups in total. The van der Waals surface area contributed by atoms with E-state index in [9.17, 15) is 4.79 Å². The molecule has 6 heteroatoms. The molecule has 0 spiro atoms. The maximum Gasteiger partial charge on any atom is 0.243 e. The first-order chi connectivity index (χ1) is 9.58. The van der Waals surface area contributed by atoms with Crippen LogP contribution >= 0.6 is 11.6 Å². The molecule has 20 heavy (non-hydrogen) atoms. The topological polar surface area (TPSA) is 59.8 Å². The van der Waals surface area contributed by atoms with Crippen LogP contribution in [0.1, 0.15) is 43.9 Å². The lowest BCUT2D eigenvalue weighted by Crippen LogP contribution is -2.33. The monoisotopic (exact) mass is 292 g/mol. The molecule has 0 aromatic carbocycles. The third-order valence-corrected chi connectivity index (χ3v) is 3.76. The molecule has 1 amide bonds. The van der Waals surface area contributed by atoms with Gasteiger partial charge in [-0.3, -0.25) is 9.78 Å². The number of alkyl halides is 1. The van der Waals surface area contributed by atoms with E-state index in [-0.39, 0.29) is 17.3 Å². The quantitative estimate of drug-likeness (QED) is 0.881. The average molecular weight is 293 g/mol. The number of rotatable bonds is 4. The van der Waals surface area contributed by atoms with Gasteiger partial charge in [0, 0.05) is 12.2 Å². The van der Waals surface area contributed by atoms with Gasteiger partial charge in [0.05, 0.1) is 17.1 Å². The first-order valence-corrected chi connectivity index (χ1v) is 7.28. The fraction of sp³-hybridized carbons (Fsp3) is 0.500. The molecular weight excluding hydrogens is 276 g/mol. The summed E-state index contributed by atoms with van der Waals surface area (Å²) in [6.07, 6.45) is 5.55. The summed E-state index contributed by atoms with van der Waals surface area (Å²) in [5, 5.41) is 2.76. The van der Waals surface area contributed by atoms with E-state index in [0.717, 1.165) is 23.9 Å². The van der Waals surface area contributed by atoms with Crippen molar-refractivity contribution in [3.63, 3.8) is 0 Å². The second kappa shape index (κ2) is 5.05. The fourth-order valence-electron chi connectivity index (χ4n) is 2.32. The Morgan fingerprint density at radius 2 is 2.25 bits per heavy atom. The van der Waals surface area contributed by atoms with E-state index in [1.807, 2.05) is 24.5 Å². The number of halogens is 1. The van der Waals surface area contributed by atoms with Gasteiger partial charge in [-0.25, -0.2) is 4.98 Å². The summed E-state index contributed by atoms with van der Waals surface area (Å²) in [4.78, 5) is 20.9. The van der Waals surface area contributed by atoms with Crippen molar-refractivity contribution in [3.8, 4) is 0 Å². The second-order valence-corrected chi connectivity index (χ2v) is 5.93. The Morgan fingerprint density at radius 3 is 2.90 bits per heavy atom. The van der Waals surface area contributed by atoms with E-state index in [0.29, 0.717) is 11.9 Å². The Hall–Kier alpha value is -1.62. The van der Waals surface area contributed by atoms with Crippen molar-refractivity contribution in [2.45, 2.75) is 44.1 Å². The summed E-state index contributed by atoms with van der Waals surface area (Å²) in [5.41, 5.74) is 1.65. The number of carbonyl (C=O) groups excluding carboxylic acids is 1. The van der Waals surface area contributed by atoms with Gasteiger partial charge in [0.1, 0.15) is 17.4 Å². The highest BCUT2D eigenvalue weighted by Crippen LogP contribution is 2.28. The average Bonchev–Trinajstić information content (AvgIpc) is 3.15. The molecule has 1 saturated carbocycles. The zero-order valence-electron chi connectivity index (χ0n) is 11.5. The Labute approximate surface area is 122 Å². The third-order valence-electron chi connectivity index (χ3n) is 3.57. The highest BCUT2D eigenvalue weighted by molar-refractivity contribution is 6.20. The molecule has 2 unspecified atom stereocenters. The highest BCUT2D eigenvalue weighted by Gasteiger charge is 2.28. The third kappa shape index (κ3) is 2.38. The number of imidazole rings is 1. The summed E-state index contributed by atoms with van der Waals surface area (Å²) in [7, 11) is 0. The van der Waals surface area contributed by atoms with Crippen LogP contribution in [0.4, 0.5) is 0 Å². The van der Waals surface area contributed by atoms with Gasteiger partial charge in [0.15, 0.2) is 0 Å². The van der Waals surface area contributed by atoms with E-state index in [1.165, 1.54) is 0 Å². The highest BCUT2D eigenvalue weighted by atomic mass is 35.5. The van der Waals surface area contributed by atoms with Crippen LogP contribution in [0.3, 0.4) is 0 Å². The molecule has 1 aliphatic rings. The molecule has 3 rings (SSSR count). The van der Waals surface area contributed by atoms with Crippen LogP contribution in [-0.2, 0) is 4.79 Å². The SMILES string of the molecule is CC(Cl)c1nc2cnccc2n1C(C)C(=O)NC1CC1. The van der Waals surface area contributed by atoms with Crippen molar-refractivity contribution in [2.75, 3.05) is 0 Å². The lowest BCUT2D eigenvalue weighted by Gasteiger charge is -2.18. The van der Waals surface area contributed by atoms with Gasteiger partial charge in [-0.15, -0.1) is 11.6 Å². The smallest absolute Gasteiger partial charge is 0.243 e. The minimum absolute atomic E-state index is 0.0159. The second-order valence-electron chi connectivity index (χ2n) is 5.28. The van der Waals surface area contributed by atoms with Gasteiger partial charge >= 0.3 is 0 Å². The Kier molecular flexibility index (Phi) is 3.38. The number of hydrogen-bond donors (Lipinski definition) is 1. The van der Waals surface area contributed by atoms with Crippen LogP contribution in [0.5, 0.6) is 0 Å². The normalized spacial score (nSPS) is 17.9. The van der Waals surface area contributed by atoms with Crippen molar-refractivity contribution in [1.82, 2.24) is 19.9 Å². The molecule has 106 valence electrons. The predicted octanol–water partition coefficient (Wildman–Crippen LogP) is 2.57. The minimum Gasteiger partial charge on any atom is -0.352 e. The molecule has 0 radical (unpaired) electrons. The zero-order chi connectivity index (χ0) is 14.3. The van der Waals surface area contributed by atoms with Crippen molar-refractivity contribution in [2.24, 2.45) is 0 Å². The summed E-state index contributed by atoms with van der Waals surface area (Å²) >= 11 is 6.21. The zero-order valence-corrected chi connectivity index (χ0v) is 12.3. The predicted molar refractivity (Wildman–Crippen MR) is 77.7 cm³/mol. The van der Waals surface area contributed by atoms with Crippen molar-refractivity contribution >= 4 is 28.5 Å². The van der Waals surface area contributed by atoms with Gasteiger partial charge in [-0.1, -0.05) is 0 Å². The molecule has 0 bridgehead atoms. The van der Waals surface area contributed by atoms with Gasteiger partial charge < -0.3 is 9.88 Å². The number of hydrogen-bond acceptors (Lipinski definition) is 3. The molecule has 1 fully saturated rings. The number of aromatic nitrogens is 3. The van der Waals surface area contributed by atoms with Crippen LogP contribution in [0, 0.1) is 0 Å². The maximum absolute atomic E-state index is 12.3. The van der Waals surface area contributed by atoms with E-state index >= 15 is 0 Å². The van der Waals surface area contributed by atoms with Crippen LogP contribution in [0.25, 0.3) is 11.0 Å². The van der Waals surface area contributed by atoms with E-state index in [1.54, 1.807) is 12.4 Å². The number of fused-ring (bicyclic) bond motifs is 1. The number of amides is 1. The summed E-state index contributed by atoms with van der Waals surface area (Å²) in [6.45, 7) is 3.74. The Morgan fingerprint density at radius 1 is 1.50 bits per heavy atom. The number of nitrogens with zero attached hydrogens (tertiary/aromatic N) is 3. The van der Waals surface area contributed by atoms with E-state index in [4.69, 9.17) is 11.6 Å². The van der Waals surface area contributed by atoms with Gasteiger partial charge in [-0.05, 0) is 32.8 Å². The van der Waals surface area contributed by atoms with E-state index < -0.39 is 0 Å². The molecule has 2 aromatic rings. The molecule has 0 saturated heterocycles. The van der Waals surface area contributed by atoms with E-state index in [2.05, 4.69) is 15.3 Å². The van der Waals surface area contributed by atoms with Crippen LogP contribution in [-0.4, -0.2) is 26.5 Å². The number of pyridine rings is 1. The molecule has 2 heterocycles. The molecule has 2 aromatic heterocycles. The van der Waals surface area contributed by atoms with Crippen LogP contribution < -0.4 is 5.32 Å². The largest absolute Gasteiger partial charge is 0.352 e. The lowest BCUT2D eigenvalue weighted by atomic mass is 10.2. The van der Waals surface area contributed by atoms with Gasteiger partial charge in [0.25, 0.3) is 0 Å². The molecular formula is C14H17ClN4O. The molecule has 5 nitrogen and oxygen atoms in total. The summed E-state index contributed by atoms with van der Waals surface area (Å²) < 4.78 is 1.91. The first kappa shape index (κ1) is 13.4. The first-order valence-electron chi connectivity index (χ1n) is 6.84. The minimum atomic E-state index is -0.334. The van der Waals surface area contributed by atoms with Crippen molar-refractivity contribution < 1.29 is 4.79 Å². The number of nitrogens with one attached hydrogen (secondary N) is 1. The standard InChI is InChI=1S/C14H17ClN4O/c1-8(15)13-18-11-7-16-6-5-12(11)19(13)9(2)14(20)17-10-3-4-10/h5-10H,3-4H2,1-2H3,(H,17,20). The summed E-state index contributed by atoms with van der Waals surface area (Å²) in [6, 6.07) is 1.88. The van der Waals surface area contributed by atoms with Crippen LogP contribution in [0.15, 0.2) is 18.5 Å². The maximum atomic E-state index is 12.3. The fourth-order valence-corrected chi connectivity index (χ4v) is 2.48. The van der Waals surface area contributed by atoms with Crippen LogP contribution in [0.2, 0.25) is 0 Å². The Balaban J connectivity index is 2.03. The summed E-state index contributed by atoms with van der Waals surface area (Å²) in [5.74, 6) is 0.718. The van der Waals surface area contributed by atoms with Gasteiger partial charge in [-0.2, -0.15) is 0 Å². The Bertz CT molecular complexity index is 648. The lowest BCUT2D eigenvalue weighted by molar-refractivity contribution is -0.124.